The third-order valence-corrected chi connectivity index (χ3v) is 3.49. The van der Waals surface area contributed by atoms with E-state index in [1.54, 1.807) is 0 Å². The standard InChI is InChI=1S/C17H15F2N3O3/c1-24-14-8-11(5-6-13(14)25-17(18)19)16(23)20-9-12-10-22-7-3-2-4-15(22)21-12/h2-8,10,17H,9H2,1H3,(H,20,23). The molecule has 0 bridgehead atoms. The molecule has 3 rings (SSSR count). The summed E-state index contributed by atoms with van der Waals surface area (Å²) in [5.74, 6) is -0.450. The van der Waals surface area contributed by atoms with Gasteiger partial charge in [0.15, 0.2) is 11.5 Å². The third-order valence-electron chi connectivity index (χ3n) is 3.49. The summed E-state index contributed by atoms with van der Waals surface area (Å²) in [7, 11) is 1.31. The van der Waals surface area contributed by atoms with Crippen LogP contribution in [0.15, 0.2) is 48.8 Å². The van der Waals surface area contributed by atoms with Gasteiger partial charge in [-0.25, -0.2) is 4.98 Å². The molecule has 6 nitrogen and oxygen atoms in total. The molecule has 0 aliphatic rings. The molecule has 3 aromatic rings. The molecule has 0 aliphatic carbocycles. The van der Waals surface area contributed by atoms with Crippen molar-refractivity contribution in [1.82, 2.24) is 14.7 Å². The number of nitrogens with zero attached hydrogens (tertiary/aromatic N) is 2. The van der Waals surface area contributed by atoms with Gasteiger partial charge >= 0.3 is 6.61 Å². The normalized spacial score (nSPS) is 10.9. The highest BCUT2D eigenvalue weighted by Crippen LogP contribution is 2.29. The number of amides is 1. The van der Waals surface area contributed by atoms with E-state index in [4.69, 9.17) is 4.74 Å². The first kappa shape index (κ1) is 16.7. The molecule has 1 amide bonds. The number of pyridine rings is 1. The van der Waals surface area contributed by atoms with Gasteiger partial charge in [-0.2, -0.15) is 8.78 Å². The molecule has 25 heavy (non-hydrogen) atoms. The highest BCUT2D eigenvalue weighted by atomic mass is 19.3. The van der Waals surface area contributed by atoms with E-state index in [1.807, 2.05) is 35.0 Å². The number of carbonyl (C=O) groups excluding carboxylic acids is 1. The average Bonchev–Trinajstić information content (AvgIpc) is 3.02. The zero-order valence-corrected chi connectivity index (χ0v) is 13.3. The van der Waals surface area contributed by atoms with Crippen LogP contribution in [0.1, 0.15) is 16.1 Å². The van der Waals surface area contributed by atoms with Crippen LogP contribution in [0, 0.1) is 0 Å². The van der Waals surface area contributed by atoms with Gasteiger partial charge in [-0.15, -0.1) is 0 Å². The van der Waals surface area contributed by atoms with Crippen LogP contribution >= 0.6 is 0 Å². The molecule has 0 atom stereocenters. The fourth-order valence-corrected chi connectivity index (χ4v) is 2.35. The number of carbonyl (C=O) groups is 1. The predicted molar refractivity (Wildman–Crippen MR) is 86.0 cm³/mol. The van der Waals surface area contributed by atoms with Crippen molar-refractivity contribution in [1.29, 1.82) is 0 Å². The summed E-state index contributed by atoms with van der Waals surface area (Å²) in [4.78, 5) is 16.6. The molecule has 8 heteroatoms. The van der Waals surface area contributed by atoms with Crippen molar-refractivity contribution in [3.8, 4) is 11.5 Å². The van der Waals surface area contributed by atoms with Crippen LogP contribution in [0.4, 0.5) is 8.78 Å². The minimum Gasteiger partial charge on any atom is -0.493 e. The first-order valence-electron chi connectivity index (χ1n) is 7.40. The smallest absolute Gasteiger partial charge is 0.387 e. The Hall–Kier alpha value is -3.16. The van der Waals surface area contributed by atoms with E-state index in [0.717, 1.165) is 5.65 Å². The Kier molecular flexibility index (Phi) is 4.78. The fraction of sp³-hybridized carbons (Fsp3) is 0.176. The number of imidazole rings is 1. The maximum Gasteiger partial charge on any atom is 0.387 e. The van der Waals surface area contributed by atoms with Gasteiger partial charge in [-0.3, -0.25) is 4.79 Å². The second-order valence-corrected chi connectivity index (χ2v) is 5.13. The molecular weight excluding hydrogens is 332 g/mol. The fourth-order valence-electron chi connectivity index (χ4n) is 2.35. The summed E-state index contributed by atoms with van der Waals surface area (Å²) in [5.41, 5.74) is 1.74. The van der Waals surface area contributed by atoms with E-state index in [-0.39, 0.29) is 29.5 Å². The largest absolute Gasteiger partial charge is 0.493 e. The number of fused-ring (bicyclic) bond motifs is 1. The zero-order valence-electron chi connectivity index (χ0n) is 13.3. The van der Waals surface area contributed by atoms with Gasteiger partial charge in [0.25, 0.3) is 5.91 Å². The highest BCUT2D eigenvalue weighted by Gasteiger charge is 2.14. The Bertz CT molecular complexity index is 863. The van der Waals surface area contributed by atoms with E-state index < -0.39 is 6.61 Å². The molecule has 2 heterocycles. The van der Waals surface area contributed by atoms with Gasteiger partial charge in [0.05, 0.1) is 19.3 Å². The Labute approximate surface area is 142 Å². The van der Waals surface area contributed by atoms with Gasteiger partial charge in [0.2, 0.25) is 0 Å². The maximum atomic E-state index is 12.3. The Morgan fingerprint density at radius 1 is 1.28 bits per heavy atom. The van der Waals surface area contributed by atoms with Crippen LogP contribution < -0.4 is 14.8 Å². The topological polar surface area (TPSA) is 64.9 Å². The Morgan fingerprint density at radius 2 is 2.12 bits per heavy atom. The molecule has 1 N–H and O–H groups in total. The van der Waals surface area contributed by atoms with Gasteiger partial charge in [0.1, 0.15) is 5.65 Å². The number of methoxy groups -OCH3 is 1. The second kappa shape index (κ2) is 7.16. The first-order chi connectivity index (χ1) is 12.1. The van der Waals surface area contributed by atoms with E-state index in [2.05, 4.69) is 15.0 Å². The van der Waals surface area contributed by atoms with E-state index in [0.29, 0.717) is 5.69 Å². The molecule has 0 spiro atoms. The number of alkyl halides is 2. The van der Waals surface area contributed by atoms with Crippen molar-refractivity contribution in [2.75, 3.05) is 7.11 Å². The zero-order chi connectivity index (χ0) is 17.8. The number of ether oxygens (including phenoxy) is 2. The van der Waals surface area contributed by atoms with Crippen molar-refractivity contribution < 1.29 is 23.0 Å². The van der Waals surface area contributed by atoms with Crippen molar-refractivity contribution in [3.05, 3.63) is 60.0 Å². The Balaban J connectivity index is 1.70. The molecule has 1 aromatic carbocycles. The molecule has 0 saturated heterocycles. The van der Waals surface area contributed by atoms with E-state index in [9.17, 15) is 13.6 Å². The summed E-state index contributed by atoms with van der Waals surface area (Å²) >= 11 is 0. The molecule has 0 saturated carbocycles. The summed E-state index contributed by atoms with van der Waals surface area (Å²) in [6.45, 7) is -2.73. The van der Waals surface area contributed by atoms with E-state index >= 15 is 0 Å². The molecule has 2 aromatic heterocycles. The van der Waals surface area contributed by atoms with Gasteiger partial charge in [0, 0.05) is 18.0 Å². The maximum absolute atomic E-state index is 12.3. The summed E-state index contributed by atoms with van der Waals surface area (Å²) in [6, 6.07) is 9.62. The molecule has 0 aliphatic heterocycles. The summed E-state index contributed by atoms with van der Waals surface area (Å²) in [6.07, 6.45) is 3.68. The van der Waals surface area contributed by atoms with Crippen molar-refractivity contribution >= 4 is 11.6 Å². The number of benzene rings is 1. The van der Waals surface area contributed by atoms with Gasteiger partial charge in [-0.05, 0) is 30.3 Å². The summed E-state index contributed by atoms with van der Waals surface area (Å²) < 4.78 is 35.8. The SMILES string of the molecule is COc1cc(C(=O)NCc2cn3ccccc3n2)ccc1OC(F)F. The van der Waals surface area contributed by atoms with Gasteiger partial charge in [-0.1, -0.05) is 6.07 Å². The number of hydrogen-bond acceptors (Lipinski definition) is 4. The number of rotatable bonds is 6. The minimum atomic E-state index is -2.97. The number of halogens is 2. The molecule has 0 unspecified atom stereocenters. The van der Waals surface area contributed by atoms with Crippen LogP contribution in [-0.2, 0) is 6.54 Å². The summed E-state index contributed by atoms with van der Waals surface area (Å²) in [5, 5.41) is 2.73. The second-order valence-electron chi connectivity index (χ2n) is 5.13. The monoisotopic (exact) mass is 347 g/mol. The van der Waals surface area contributed by atoms with Crippen LogP contribution in [-0.4, -0.2) is 29.0 Å². The third kappa shape index (κ3) is 3.85. The number of hydrogen-bond donors (Lipinski definition) is 1. The molecule has 0 fully saturated rings. The lowest BCUT2D eigenvalue weighted by molar-refractivity contribution is -0.0512. The number of aromatic nitrogens is 2. The van der Waals surface area contributed by atoms with Crippen LogP contribution in [0.5, 0.6) is 11.5 Å². The lowest BCUT2D eigenvalue weighted by Gasteiger charge is -2.11. The van der Waals surface area contributed by atoms with Crippen LogP contribution in [0.3, 0.4) is 0 Å². The average molecular weight is 347 g/mol. The van der Waals surface area contributed by atoms with Crippen molar-refractivity contribution in [3.63, 3.8) is 0 Å². The van der Waals surface area contributed by atoms with E-state index in [1.165, 1.54) is 25.3 Å². The first-order valence-corrected chi connectivity index (χ1v) is 7.40. The van der Waals surface area contributed by atoms with Gasteiger partial charge < -0.3 is 19.2 Å². The minimum absolute atomic E-state index is 0.0562. The Morgan fingerprint density at radius 3 is 2.84 bits per heavy atom. The van der Waals surface area contributed by atoms with Crippen molar-refractivity contribution in [2.45, 2.75) is 13.2 Å². The van der Waals surface area contributed by atoms with Crippen LogP contribution in [0.25, 0.3) is 5.65 Å². The van der Waals surface area contributed by atoms with Crippen molar-refractivity contribution in [2.24, 2.45) is 0 Å². The lowest BCUT2D eigenvalue weighted by atomic mass is 10.2. The quantitative estimate of drug-likeness (QED) is 0.745. The van der Waals surface area contributed by atoms with Crippen LogP contribution in [0.2, 0.25) is 0 Å². The predicted octanol–water partition coefficient (Wildman–Crippen LogP) is 2.87. The molecule has 0 radical (unpaired) electrons. The highest BCUT2D eigenvalue weighted by molar-refractivity contribution is 5.94. The molecular formula is C17H15F2N3O3. The number of nitrogens with one attached hydrogen (secondary N) is 1. The lowest BCUT2D eigenvalue weighted by Crippen LogP contribution is -2.23. The molecule has 130 valence electrons.